The molecule has 0 heterocycles. The molecule has 6 heteroatoms. The minimum Gasteiger partial charge on any atom is -0.481 e. The molecule has 0 spiro atoms. The van der Waals surface area contributed by atoms with Crippen molar-refractivity contribution < 1.29 is 19.5 Å². The minimum absolute atomic E-state index is 0.0377. The third-order valence-corrected chi connectivity index (χ3v) is 3.89. The smallest absolute Gasteiger partial charge is 0.322 e. The monoisotopic (exact) mass is 294 g/mol. The fourth-order valence-corrected chi connectivity index (χ4v) is 2.83. The van der Waals surface area contributed by atoms with Crippen LogP contribution in [0.3, 0.4) is 0 Å². The van der Waals surface area contributed by atoms with Crippen molar-refractivity contribution in [3.63, 3.8) is 0 Å². The highest BCUT2D eigenvalue weighted by atomic mass is 16.4. The Bertz CT molecular complexity index is 447. The molecule has 3 N–H and O–H groups in total. The van der Waals surface area contributed by atoms with Crippen LogP contribution in [0.5, 0.6) is 0 Å². The maximum Gasteiger partial charge on any atom is 0.322 e. The first-order chi connectivity index (χ1) is 9.90. The lowest BCUT2D eigenvalue weighted by atomic mass is 9.79. The average Bonchev–Trinajstić information content (AvgIpc) is 2.82. The summed E-state index contributed by atoms with van der Waals surface area (Å²) in [5.74, 6) is 1.04. The van der Waals surface area contributed by atoms with Gasteiger partial charge in [-0.25, -0.2) is 4.79 Å². The molecule has 1 aliphatic rings. The second kappa shape index (κ2) is 7.67. The first-order valence-electron chi connectivity index (χ1n) is 7.19. The van der Waals surface area contributed by atoms with Crippen LogP contribution >= 0.6 is 0 Å². The maximum absolute atomic E-state index is 11.9. The van der Waals surface area contributed by atoms with Crippen LogP contribution in [0.15, 0.2) is 0 Å². The van der Waals surface area contributed by atoms with E-state index in [0.29, 0.717) is 19.3 Å². The molecule has 0 aliphatic heterocycles. The normalized spacial score (nSPS) is 17.5. The number of nitrogens with one attached hydrogen (secondary N) is 2. The summed E-state index contributed by atoms with van der Waals surface area (Å²) in [6, 6.07) is -1.05. The number of hydrogen-bond donors (Lipinski definition) is 3. The maximum atomic E-state index is 11.9. The molecule has 1 saturated carbocycles. The second-order valence-corrected chi connectivity index (χ2v) is 5.60. The van der Waals surface area contributed by atoms with Crippen molar-refractivity contribution in [2.24, 2.45) is 5.41 Å². The van der Waals surface area contributed by atoms with Crippen LogP contribution < -0.4 is 10.6 Å². The van der Waals surface area contributed by atoms with Crippen molar-refractivity contribution in [3.8, 4) is 12.3 Å². The summed E-state index contributed by atoms with van der Waals surface area (Å²) >= 11 is 0. The van der Waals surface area contributed by atoms with Crippen LogP contribution in [0, 0.1) is 17.8 Å². The molecule has 0 saturated heterocycles. The number of terminal acetylenes is 1. The minimum atomic E-state index is -0.910. The topological polar surface area (TPSA) is 95.5 Å². The Morgan fingerprint density at radius 3 is 2.38 bits per heavy atom. The van der Waals surface area contributed by atoms with Gasteiger partial charge in [-0.1, -0.05) is 25.7 Å². The van der Waals surface area contributed by atoms with E-state index in [1.54, 1.807) is 0 Å². The van der Waals surface area contributed by atoms with Gasteiger partial charge < -0.3 is 10.4 Å². The van der Waals surface area contributed by atoms with Crippen molar-refractivity contribution in [3.05, 3.63) is 0 Å². The van der Waals surface area contributed by atoms with Gasteiger partial charge in [0.15, 0.2) is 0 Å². The summed E-state index contributed by atoms with van der Waals surface area (Å²) in [5, 5.41) is 13.7. The Labute approximate surface area is 124 Å². The largest absolute Gasteiger partial charge is 0.481 e. The number of rotatable bonds is 6. The van der Waals surface area contributed by atoms with E-state index in [-0.39, 0.29) is 12.8 Å². The average molecular weight is 294 g/mol. The molecular weight excluding hydrogens is 272 g/mol. The Morgan fingerprint density at radius 1 is 1.29 bits per heavy atom. The predicted octanol–water partition coefficient (Wildman–Crippen LogP) is 1.65. The molecular formula is C15H22N2O4. The third-order valence-electron chi connectivity index (χ3n) is 3.89. The molecule has 0 aromatic heterocycles. The van der Waals surface area contributed by atoms with E-state index in [4.69, 9.17) is 11.5 Å². The summed E-state index contributed by atoms with van der Waals surface area (Å²) in [6.45, 7) is 1.83. The summed E-state index contributed by atoms with van der Waals surface area (Å²) in [5.41, 5.74) is -0.521. The van der Waals surface area contributed by atoms with Gasteiger partial charge in [0.1, 0.15) is 0 Å². The number of aliphatic carboxylic acids is 1. The van der Waals surface area contributed by atoms with Gasteiger partial charge in [0.25, 0.3) is 0 Å². The van der Waals surface area contributed by atoms with Gasteiger partial charge in [0, 0.05) is 6.42 Å². The zero-order valence-electron chi connectivity index (χ0n) is 12.3. The third kappa shape index (κ3) is 5.46. The molecule has 116 valence electrons. The zero-order chi connectivity index (χ0) is 15.9. The molecule has 0 aromatic rings. The number of amides is 3. The molecule has 1 rings (SSSR count). The lowest BCUT2D eigenvalue weighted by Crippen LogP contribution is -2.45. The Kier molecular flexibility index (Phi) is 6.22. The van der Waals surface area contributed by atoms with E-state index in [2.05, 4.69) is 16.6 Å². The second-order valence-electron chi connectivity index (χ2n) is 5.60. The zero-order valence-corrected chi connectivity index (χ0v) is 12.3. The van der Waals surface area contributed by atoms with Crippen molar-refractivity contribution in [1.29, 1.82) is 0 Å². The summed E-state index contributed by atoms with van der Waals surface area (Å²) in [4.78, 5) is 34.5. The number of carbonyl (C=O) groups is 3. The molecule has 21 heavy (non-hydrogen) atoms. The molecule has 1 atom stereocenters. The lowest BCUT2D eigenvalue weighted by molar-refractivity contribution is -0.140. The number of carboxylic acids is 1. The highest BCUT2D eigenvalue weighted by Gasteiger charge is 2.38. The van der Waals surface area contributed by atoms with Crippen LogP contribution in [0.2, 0.25) is 0 Å². The van der Waals surface area contributed by atoms with Gasteiger partial charge in [-0.3, -0.25) is 14.9 Å². The quantitative estimate of drug-likeness (QED) is 0.649. The van der Waals surface area contributed by atoms with Gasteiger partial charge in [0.2, 0.25) is 5.91 Å². The fraction of sp³-hybridized carbons (Fsp3) is 0.667. The van der Waals surface area contributed by atoms with E-state index in [1.807, 2.05) is 6.92 Å². The molecule has 0 bridgehead atoms. The van der Waals surface area contributed by atoms with Crippen LogP contribution in [0.4, 0.5) is 4.79 Å². The van der Waals surface area contributed by atoms with Crippen molar-refractivity contribution in [2.45, 2.75) is 57.9 Å². The Morgan fingerprint density at radius 2 is 1.90 bits per heavy atom. The van der Waals surface area contributed by atoms with E-state index < -0.39 is 29.4 Å². The molecule has 1 aliphatic carbocycles. The van der Waals surface area contributed by atoms with E-state index in [1.165, 1.54) is 0 Å². The van der Waals surface area contributed by atoms with Crippen molar-refractivity contribution >= 4 is 17.9 Å². The Balaban J connectivity index is 2.53. The summed E-state index contributed by atoms with van der Waals surface area (Å²) in [7, 11) is 0. The molecule has 3 amide bonds. The SMILES string of the molecule is C#CC(CC)NC(=O)NC(=O)CC1(CC(=O)O)CCCC1. The summed E-state index contributed by atoms with van der Waals surface area (Å²) < 4.78 is 0. The van der Waals surface area contributed by atoms with Crippen molar-refractivity contribution in [2.75, 3.05) is 0 Å². The van der Waals surface area contributed by atoms with Crippen LogP contribution in [0.25, 0.3) is 0 Å². The van der Waals surface area contributed by atoms with Crippen molar-refractivity contribution in [1.82, 2.24) is 10.6 Å². The van der Waals surface area contributed by atoms with Gasteiger partial charge in [-0.05, 0) is 24.7 Å². The van der Waals surface area contributed by atoms with Gasteiger partial charge >= 0.3 is 12.0 Å². The van der Waals surface area contributed by atoms with Gasteiger partial charge in [0.05, 0.1) is 12.5 Å². The molecule has 1 unspecified atom stereocenters. The van der Waals surface area contributed by atoms with E-state index in [9.17, 15) is 14.4 Å². The highest BCUT2D eigenvalue weighted by Crippen LogP contribution is 2.43. The number of carbonyl (C=O) groups excluding carboxylic acids is 2. The number of imide groups is 1. The van der Waals surface area contributed by atoms with E-state index >= 15 is 0 Å². The number of urea groups is 1. The Hall–Kier alpha value is -2.03. The molecule has 0 aromatic carbocycles. The van der Waals surface area contributed by atoms with Gasteiger partial charge in [-0.2, -0.15) is 0 Å². The van der Waals surface area contributed by atoms with Crippen LogP contribution in [0.1, 0.15) is 51.9 Å². The first kappa shape index (κ1) is 17.0. The highest BCUT2D eigenvalue weighted by molar-refractivity contribution is 5.95. The number of carboxylic acid groups (broad SMARTS) is 1. The standard InChI is InChI=1S/C15H22N2O4/c1-3-11(4-2)16-14(21)17-12(18)9-15(10-13(19)20)7-5-6-8-15/h1,11H,4-10H2,2H3,(H,19,20)(H2,16,17,18,21). The van der Waals surface area contributed by atoms with Crippen LogP contribution in [-0.2, 0) is 9.59 Å². The first-order valence-corrected chi connectivity index (χ1v) is 7.19. The molecule has 0 radical (unpaired) electrons. The van der Waals surface area contributed by atoms with Gasteiger partial charge in [-0.15, -0.1) is 6.42 Å². The summed E-state index contributed by atoms with van der Waals surface area (Å²) in [6.07, 6.45) is 9.06. The fourth-order valence-electron chi connectivity index (χ4n) is 2.83. The number of hydrogen-bond acceptors (Lipinski definition) is 3. The molecule has 6 nitrogen and oxygen atoms in total. The van der Waals surface area contributed by atoms with Crippen LogP contribution in [-0.4, -0.2) is 29.1 Å². The predicted molar refractivity (Wildman–Crippen MR) is 77.4 cm³/mol. The molecule has 1 fully saturated rings. The lowest BCUT2D eigenvalue weighted by Gasteiger charge is -2.26. The van der Waals surface area contributed by atoms with E-state index in [0.717, 1.165) is 12.8 Å².